The molecule has 3 atom stereocenters. The van der Waals surface area contributed by atoms with E-state index >= 15 is 0 Å². The van der Waals surface area contributed by atoms with Crippen molar-refractivity contribution in [3.05, 3.63) is 35.6 Å². The van der Waals surface area contributed by atoms with Crippen molar-refractivity contribution < 1.29 is 9.18 Å². The normalized spacial score (nSPS) is 23.8. The van der Waals surface area contributed by atoms with Crippen LogP contribution >= 0.6 is 11.5 Å². The van der Waals surface area contributed by atoms with Gasteiger partial charge in [0.05, 0.1) is 6.04 Å². The molecule has 7 nitrogen and oxygen atoms in total. The number of benzene rings is 1. The minimum atomic E-state index is -0.271. The summed E-state index contributed by atoms with van der Waals surface area (Å²) in [7, 11) is 7.37. The van der Waals surface area contributed by atoms with Crippen molar-refractivity contribution in [3.8, 4) is 0 Å². The van der Waals surface area contributed by atoms with Crippen molar-refractivity contribution in [2.24, 2.45) is 11.8 Å². The van der Waals surface area contributed by atoms with E-state index in [1.807, 2.05) is 30.0 Å². The van der Waals surface area contributed by atoms with Crippen LogP contribution in [0.3, 0.4) is 0 Å². The van der Waals surface area contributed by atoms with Gasteiger partial charge in [0.1, 0.15) is 5.82 Å². The zero-order valence-corrected chi connectivity index (χ0v) is 17.4. The average molecular weight is 405 g/mol. The lowest BCUT2D eigenvalue weighted by atomic mass is 9.89. The quantitative estimate of drug-likeness (QED) is 0.787. The lowest BCUT2D eigenvalue weighted by Gasteiger charge is -2.31. The Labute approximate surface area is 168 Å². The van der Waals surface area contributed by atoms with Gasteiger partial charge in [-0.3, -0.25) is 0 Å². The molecule has 4 rings (SSSR count). The summed E-state index contributed by atoms with van der Waals surface area (Å²) in [6, 6.07) is 6.48. The van der Waals surface area contributed by atoms with Gasteiger partial charge < -0.3 is 19.6 Å². The molecule has 0 saturated carbocycles. The molecule has 2 aromatic rings. The highest BCUT2D eigenvalue weighted by molar-refractivity contribution is 7.09. The Balaban J connectivity index is 1.62. The summed E-state index contributed by atoms with van der Waals surface area (Å²) in [5.74, 6) is 0.997. The molecule has 0 unspecified atom stereocenters. The van der Waals surface area contributed by atoms with Crippen LogP contribution in [0.5, 0.6) is 0 Å². The maximum Gasteiger partial charge on any atom is 0.320 e. The molecule has 28 heavy (non-hydrogen) atoms. The van der Waals surface area contributed by atoms with Crippen LogP contribution in [-0.4, -0.2) is 73.0 Å². The first kappa shape index (κ1) is 18.9. The number of rotatable bonds is 3. The highest BCUT2D eigenvalue weighted by Crippen LogP contribution is 2.46. The highest BCUT2D eigenvalue weighted by Gasteiger charge is 2.50. The minimum Gasteiger partial charge on any atom is -0.346 e. The fraction of sp³-hybridized carbons (Fsp3) is 0.526. The molecule has 2 saturated heterocycles. The number of fused-ring (bicyclic) bond motifs is 1. The van der Waals surface area contributed by atoms with Crippen molar-refractivity contribution in [3.63, 3.8) is 0 Å². The molecule has 2 amide bonds. The van der Waals surface area contributed by atoms with Crippen molar-refractivity contribution in [1.29, 1.82) is 0 Å². The molecule has 3 heterocycles. The summed E-state index contributed by atoms with van der Waals surface area (Å²) in [6.45, 7) is 2.28. The van der Waals surface area contributed by atoms with E-state index in [0.717, 1.165) is 23.8 Å². The van der Waals surface area contributed by atoms with Crippen LogP contribution in [-0.2, 0) is 0 Å². The minimum absolute atomic E-state index is 0.0268. The second-order valence-electron chi connectivity index (χ2n) is 7.93. The zero-order chi connectivity index (χ0) is 20.0. The van der Waals surface area contributed by atoms with Crippen LogP contribution in [0, 0.1) is 17.7 Å². The molecule has 0 bridgehead atoms. The average Bonchev–Trinajstić information content (AvgIpc) is 3.34. The van der Waals surface area contributed by atoms with Gasteiger partial charge in [-0.25, -0.2) is 9.18 Å². The van der Waals surface area contributed by atoms with Crippen LogP contribution in [0.4, 0.5) is 20.3 Å². The number of aromatic nitrogens is 2. The molecule has 0 aliphatic carbocycles. The molecule has 1 aromatic carbocycles. The zero-order valence-electron chi connectivity index (χ0n) is 16.5. The Morgan fingerprint density at radius 2 is 2.00 bits per heavy atom. The lowest BCUT2D eigenvalue weighted by molar-refractivity contribution is 0.159. The monoisotopic (exact) mass is 404 g/mol. The molecular formula is C19H25FN6OS. The molecular weight excluding hydrogens is 379 g/mol. The van der Waals surface area contributed by atoms with E-state index in [-0.39, 0.29) is 23.8 Å². The third-order valence-corrected chi connectivity index (χ3v) is 6.33. The first-order valence-electron chi connectivity index (χ1n) is 9.34. The van der Waals surface area contributed by atoms with Crippen molar-refractivity contribution in [1.82, 2.24) is 19.2 Å². The van der Waals surface area contributed by atoms with E-state index in [1.165, 1.54) is 17.6 Å². The second kappa shape index (κ2) is 7.20. The van der Waals surface area contributed by atoms with Gasteiger partial charge in [-0.1, -0.05) is 12.1 Å². The van der Waals surface area contributed by atoms with E-state index in [1.54, 1.807) is 31.1 Å². The molecule has 9 heteroatoms. The van der Waals surface area contributed by atoms with Crippen LogP contribution in [0.2, 0.25) is 0 Å². The fourth-order valence-corrected chi connectivity index (χ4v) is 5.05. The topological polar surface area (TPSA) is 55.8 Å². The van der Waals surface area contributed by atoms with E-state index in [4.69, 9.17) is 0 Å². The van der Waals surface area contributed by atoms with Crippen molar-refractivity contribution in [2.75, 3.05) is 57.6 Å². The number of halogens is 1. The number of likely N-dealkylation sites (tertiary alicyclic amines) is 1. The van der Waals surface area contributed by atoms with E-state index in [9.17, 15) is 9.18 Å². The van der Waals surface area contributed by atoms with Gasteiger partial charge in [-0.2, -0.15) is 9.36 Å². The summed E-state index contributed by atoms with van der Waals surface area (Å²) >= 11 is 1.40. The SMILES string of the molecule is CN(C)C(=O)N1C[C@H]2CN(c3nc(N(C)C)ns3)C[C@H]2[C@H]1c1cccc(F)c1. The molecule has 2 aliphatic rings. The van der Waals surface area contributed by atoms with Gasteiger partial charge in [0.15, 0.2) is 0 Å². The number of hydrogen-bond donors (Lipinski definition) is 0. The Morgan fingerprint density at radius 1 is 1.21 bits per heavy atom. The Morgan fingerprint density at radius 3 is 2.64 bits per heavy atom. The summed E-state index contributed by atoms with van der Waals surface area (Å²) in [5, 5.41) is 0.904. The Hall–Kier alpha value is -2.42. The van der Waals surface area contributed by atoms with Crippen molar-refractivity contribution in [2.45, 2.75) is 6.04 Å². The fourth-order valence-electron chi connectivity index (χ4n) is 4.29. The number of urea groups is 1. The maximum absolute atomic E-state index is 13.9. The van der Waals surface area contributed by atoms with Gasteiger partial charge in [0, 0.05) is 71.2 Å². The van der Waals surface area contributed by atoms with Crippen molar-refractivity contribution >= 4 is 28.6 Å². The van der Waals surface area contributed by atoms with E-state index < -0.39 is 0 Å². The molecule has 0 spiro atoms. The first-order chi connectivity index (χ1) is 13.3. The lowest BCUT2D eigenvalue weighted by Crippen LogP contribution is -2.41. The number of carbonyl (C=O) groups excluding carboxylic acids is 1. The second-order valence-corrected chi connectivity index (χ2v) is 8.66. The van der Waals surface area contributed by atoms with Crippen LogP contribution in [0.1, 0.15) is 11.6 Å². The summed E-state index contributed by atoms with van der Waals surface area (Å²) < 4.78 is 18.3. The summed E-state index contributed by atoms with van der Waals surface area (Å²) in [4.78, 5) is 25.1. The standard InChI is InChI=1S/C19H25FN6OS/c1-23(2)17-21-18(28-22-17)25-9-13-10-26(19(27)24(3)4)16(15(13)11-25)12-6-5-7-14(20)8-12/h5-8,13,15-16H,9-11H2,1-4H3/t13-,15-,16-/m1/s1. The Kier molecular flexibility index (Phi) is 4.86. The predicted octanol–water partition coefficient (Wildman–Crippen LogP) is 2.53. The summed E-state index contributed by atoms with van der Waals surface area (Å²) in [6.07, 6.45) is 0. The van der Waals surface area contributed by atoms with E-state index in [2.05, 4.69) is 14.3 Å². The van der Waals surface area contributed by atoms with Gasteiger partial charge in [0.2, 0.25) is 11.1 Å². The molecule has 1 aromatic heterocycles. The van der Waals surface area contributed by atoms with E-state index in [0.29, 0.717) is 18.4 Å². The predicted molar refractivity (Wildman–Crippen MR) is 108 cm³/mol. The number of nitrogens with zero attached hydrogens (tertiary/aromatic N) is 6. The van der Waals surface area contributed by atoms with Crippen LogP contribution < -0.4 is 9.80 Å². The first-order valence-corrected chi connectivity index (χ1v) is 10.1. The number of hydrogen-bond acceptors (Lipinski definition) is 6. The Bertz CT molecular complexity index is 872. The number of carbonyl (C=O) groups is 1. The smallest absolute Gasteiger partial charge is 0.320 e. The maximum atomic E-state index is 13.9. The van der Waals surface area contributed by atoms with Crippen LogP contribution in [0.25, 0.3) is 0 Å². The van der Waals surface area contributed by atoms with Crippen LogP contribution in [0.15, 0.2) is 24.3 Å². The number of anilines is 2. The largest absolute Gasteiger partial charge is 0.346 e. The third kappa shape index (κ3) is 3.28. The van der Waals surface area contributed by atoms with Gasteiger partial charge in [-0.05, 0) is 17.7 Å². The van der Waals surface area contributed by atoms with Gasteiger partial charge in [0.25, 0.3) is 0 Å². The molecule has 0 N–H and O–H groups in total. The molecule has 0 radical (unpaired) electrons. The molecule has 2 aliphatic heterocycles. The van der Waals surface area contributed by atoms with Gasteiger partial charge in [-0.15, -0.1) is 0 Å². The third-order valence-electron chi connectivity index (χ3n) is 5.56. The molecule has 2 fully saturated rings. The number of amides is 2. The highest BCUT2D eigenvalue weighted by atomic mass is 32.1. The van der Waals surface area contributed by atoms with Gasteiger partial charge >= 0.3 is 6.03 Å². The molecule has 150 valence electrons. The summed E-state index contributed by atoms with van der Waals surface area (Å²) in [5.41, 5.74) is 0.857.